The van der Waals surface area contributed by atoms with Gasteiger partial charge in [0.15, 0.2) is 0 Å². The summed E-state index contributed by atoms with van der Waals surface area (Å²) in [7, 11) is 0. The van der Waals surface area contributed by atoms with E-state index in [4.69, 9.17) is 15.6 Å². The number of nitrogens with two attached hydrogens (primary N) is 1. The second kappa shape index (κ2) is 7.06. The lowest BCUT2D eigenvalue weighted by Gasteiger charge is -2.12. The van der Waals surface area contributed by atoms with E-state index in [-0.39, 0.29) is 5.56 Å². The van der Waals surface area contributed by atoms with Crippen molar-refractivity contribution in [2.45, 2.75) is 13.2 Å². The minimum atomic E-state index is -0.940. The van der Waals surface area contributed by atoms with Crippen LogP contribution in [0.15, 0.2) is 45.3 Å². The third-order valence-electron chi connectivity index (χ3n) is 2.88. The quantitative estimate of drug-likeness (QED) is 0.776. The Morgan fingerprint density at radius 1 is 1.10 bits per heavy atom. The van der Waals surface area contributed by atoms with E-state index in [2.05, 4.69) is 31.9 Å². The second-order valence-electron chi connectivity index (χ2n) is 4.38. The van der Waals surface area contributed by atoms with Crippen molar-refractivity contribution in [1.29, 1.82) is 0 Å². The van der Waals surface area contributed by atoms with Crippen molar-refractivity contribution < 1.29 is 14.6 Å². The van der Waals surface area contributed by atoms with Crippen LogP contribution in [0.1, 0.15) is 21.5 Å². The molecule has 0 fully saturated rings. The van der Waals surface area contributed by atoms with Crippen molar-refractivity contribution in [3.8, 4) is 5.75 Å². The Balaban J connectivity index is 2.11. The van der Waals surface area contributed by atoms with Crippen LogP contribution in [0.3, 0.4) is 0 Å². The maximum atomic E-state index is 10.8. The van der Waals surface area contributed by atoms with Gasteiger partial charge in [-0.2, -0.15) is 0 Å². The number of halogens is 2. The topological polar surface area (TPSA) is 72.5 Å². The zero-order chi connectivity index (χ0) is 15.4. The Morgan fingerprint density at radius 2 is 1.67 bits per heavy atom. The molecular formula is C15H13Br2NO3. The van der Waals surface area contributed by atoms with Crippen LogP contribution >= 0.6 is 31.9 Å². The van der Waals surface area contributed by atoms with Gasteiger partial charge in [-0.3, -0.25) is 0 Å². The molecule has 21 heavy (non-hydrogen) atoms. The number of rotatable bonds is 5. The number of aromatic carboxylic acids is 1. The molecule has 0 saturated carbocycles. The molecule has 2 aromatic carbocycles. The van der Waals surface area contributed by atoms with Crippen LogP contribution < -0.4 is 10.5 Å². The largest absolute Gasteiger partial charge is 0.487 e. The molecule has 0 atom stereocenters. The Bertz CT molecular complexity index is 633. The summed E-state index contributed by atoms with van der Waals surface area (Å²) >= 11 is 6.91. The lowest BCUT2D eigenvalue weighted by atomic mass is 10.1. The molecule has 0 bridgehead atoms. The van der Waals surface area contributed by atoms with Crippen molar-refractivity contribution in [3.63, 3.8) is 0 Å². The first-order chi connectivity index (χ1) is 10.0. The van der Waals surface area contributed by atoms with Gasteiger partial charge in [0.2, 0.25) is 0 Å². The average molecular weight is 415 g/mol. The number of ether oxygens (including phenoxy) is 1. The van der Waals surface area contributed by atoms with Crippen molar-refractivity contribution in [3.05, 3.63) is 62.0 Å². The fourth-order valence-corrected chi connectivity index (χ4v) is 3.28. The SMILES string of the molecule is NCc1cc(Br)c(OCc2ccc(C(=O)O)cc2)c(Br)c1. The van der Waals surface area contributed by atoms with Gasteiger partial charge in [0.1, 0.15) is 12.4 Å². The number of carbonyl (C=O) groups is 1. The summed E-state index contributed by atoms with van der Waals surface area (Å²) in [5.41, 5.74) is 7.75. The van der Waals surface area contributed by atoms with Gasteiger partial charge >= 0.3 is 5.97 Å². The van der Waals surface area contributed by atoms with Crippen LogP contribution in [0.5, 0.6) is 5.75 Å². The van der Waals surface area contributed by atoms with Crippen LogP contribution in [0, 0.1) is 0 Å². The highest BCUT2D eigenvalue weighted by molar-refractivity contribution is 9.11. The monoisotopic (exact) mass is 413 g/mol. The third-order valence-corrected chi connectivity index (χ3v) is 4.06. The minimum Gasteiger partial charge on any atom is -0.487 e. The van der Waals surface area contributed by atoms with Gasteiger partial charge in [-0.15, -0.1) is 0 Å². The fourth-order valence-electron chi connectivity index (χ4n) is 1.77. The molecule has 0 unspecified atom stereocenters. The predicted molar refractivity (Wildman–Crippen MR) is 87.5 cm³/mol. The first-order valence-corrected chi connectivity index (χ1v) is 7.73. The van der Waals surface area contributed by atoms with Crippen LogP contribution in [-0.2, 0) is 13.2 Å². The van der Waals surface area contributed by atoms with Gasteiger partial charge < -0.3 is 15.6 Å². The van der Waals surface area contributed by atoms with Crippen LogP contribution in [-0.4, -0.2) is 11.1 Å². The lowest BCUT2D eigenvalue weighted by molar-refractivity contribution is 0.0697. The zero-order valence-electron chi connectivity index (χ0n) is 11.0. The molecule has 0 aliphatic carbocycles. The molecule has 0 saturated heterocycles. The summed E-state index contributed by atoms with van der Waals surface area (Å²) in [6.07, 6.45) is 0. The molecule has 6 heteroatoms. The van der Waals surface area contributed by atoms with E-state index in [1.807, 2.05) is 12.1 Å². The van der Waals surface area contributed by atoms with E-state index in [9.17, 15) is 4.79 Å². The van der Waals surface area contributed by atoms with Crippen LogP contribution in [0.2, 0.25) is 0 Å². The van der Waals surface area contributed by atoms with E-state index < -0.39 is 5.97 Å². The van der Waals surface area contributed by atoms with Crippen molar-refractivity contribution in [1.82, 2.24) is 0 Å². The normalized spacial score (nSPS) is 10.4. The van der Waals surface area contributed by atoms with Gasteiger partial charge in [0.25, 0.3) is 0 Å². The zero-order valence-corrected chi connectivity index (χ0v) is 14.1. The molecule has 0 amide bonds. The molecule has 3 N–H and O–H groups in total. The fraction of sp³-hybridized carbons (Fsp3) is 0.133. The van der Waals surface area contributed by atoms with E-state index >= 15 is 0 Å². The van der Waals surface area contributed by atoms with Crippen molar-refractivity contribution in [2.24, 2.45) is 5.73 Å². The summed E-state index contributed by atoms with van der Waals surface area (Å²) in [6, 6.07) is 10.4. The minimum absolute atomic E-state index is 0.258. The highest BCUT2D eigenvalue weighted by Gasteiger charge is 2.09. The molecule has 2 aromatic rings. The summed E-state index contributed by atoms with van der Waals surface area (Å²) in [6.45, 7) is 0.799. The molecule has 110 valence electrons. The number of hydrogen-bond donors (Lipinski definition) is 2. The molecule has 0 aliphatic rings. The van der Waals surface area contributed by atoms with Crippen LogP contribution in [0.25, 0.3) is 0 Å². The molecular weight excluding hydrogens is 402 g/mol. The maximum Gasteiger partial charge on any atom is 0.335 e. The number of carboxylic acids is 1. The van der Waals surface area contributed by atoms with E-state index in [1.54, 1.807) is 24.3 Å². The van der Waals surface area contributed by atoms with E-state index in [0.29, 0.717) is 18.9 Å². The average Bonchev–Trinajstić information content (AvgIpc) is 2.46. The number of carboxylic acid groups (broad SMARTS) is 1. The molecule has 0 radical (unpaired) electrons. The summed E-state index contributed by atoms with van der Waals surface area (Å²) < 4.78 is 7.41. The first kappa shape index (κ1) is 16.0. The van der Waals surface area contributed by atoms with E-state index in [1.165, 1.54) is 0 Å². The van der Waals surface area contributed by atoms with Gasteiger partial charge in [0, 0.05) is 6.54 Å². The Labute approximate surface area is 139 Å². The standard InChI is InChI=1S/C15H13Br2NO3/c16-12-5-10(7-18)6-13(17)14(12)21-8-9-1-3-11(4-2-9)15(19)20/h1-6H,7-8,18H2,(H,19,20). The lowest BCUT2D eigenvalue weighted by Crippen LogP contribution is -2.01. The second-order valence-corrected chi connectivity index (χ2v) is 6.09. The predicted octanol–water partition coefficient (Wildman–Crippen LogP) is 3.95. The highest BCUT2D eigenvalue weighted by Crippen LogP contribution is 2.35. The molecule has 0 spiro atoms. The van der Waals surface area contributed by atoms with Gasteiger partial charge in [-0.1, -0.05) is 12.1 Å². The summed E-state index contributed by atoms with van der Waals surface area (Å²) in [5.74, 6) is -0.250. The molecule has 2 rings (SSSR count). The molecule has 0 heterocycles. The molecule has 0 aliphatic heterocycles. The number of hydrogen-bond acceptors (Lipinski definition) is 3. The number of benzene rings is 2. The van der Waals surface area contributed by atoms with Gasteiger partial charge in [-0.05, 0) is 67.3 Å². The maximum absolute atomic E-state index is 10.8. The van der Waals surface area contributed by atoms with Gasteiger partial charge in [0.05, 0.1) is 14.5 Å². The molecule has 0 aromatic heterocycles. The highest BCUT2D eigenvalue weighted by atomic mass is 79.9. The van der Waals surface area contributed by atoms with Crippen LogP contribution in [0.4, 0.5) is 0 Å². The van der Waals surface area contributed by atoms with Crippen molar-refractivity contribution in [2.75, 3.05) is 0 Å². The Hall–Kier alpha value is -1.37. The first-order valence-electron chi connectivity index (χ1n) is 6.14. The van der Waals surface area contributed by atoms with E-state index in [0.717, 1.165) is 20.1 Å². The summed E-state index contributed by atoms with van der Waals surface area (Å²) in [4.78, 5) is 10.8. The Morgan fingerprint density at radius 3 is 2.14 bits per heavy atom. The van der Waals surface area contributed by atoms with Crippen molar-refractivity contribution >= 4 is 37.8 Å². The van der Waals surface area contributed by atoms with Gasteiger partial charge in [-0.25, -0.2) is 4.79 Å². The summed E-state index contributed by atoms with van der Waals surface area (Å²) in [5, 5.41) is 8.85. The molecule has 4 nitrogen and oxygen atoms in total. The Kier molecular flexibility index (Phi) is 5.39. The third kappa shape index (κ3) is 4.06. The smallest absolute Gasteiger partial charge is 0.335 e.